The van der Waals surface area contributed by atoms with Crippen LogP contribution >= 0.6 is 0 Å². The highest BCUT2D eigenvalue weighted by Gasteiger charge is 2.69. The Morgan fingerprint density at radius 2 is 1.47 bits per heavy atom. The van der Waals surface area contributed by atoms with Crippen LogP contribution in [0.5, 0.6) is 0 Å². The summed E-state index contributed by atoms with van der Waals surface area (Å²) in [6, 6.07) is 0. The zero-order valence-corrected chi connectivity index (χ0v) is 10.4. The minimum absolute atomic E-state index is 0.0208. The molecule has 2 atom stereocenters. The smallest absolute Gasteiger partial charge is 0.262 e. The predicted molar refractivity (Wildman–Crippen MR) is 59.1 cm³/mol. The summed E-state index contributed by atoms with van der Waals surface area (Å²) in [5.41, 5.74) is 0.818. The van der Waals surface area contributed by atoms with E-state index in [9.17, 15) is 4.79 Å². The fourth-order valence-electron chi connectivity index (χ4n) is 6.01. The molecule has 0 aromatic carbocycles. The Labute approximate surface area is 92.2 Å². The zero-order valence-electron chi connectivity index (χ0n) is 10.4. The molecule has 0 spiro atoms. The van der Waals surface area contributed by atoms with Crippen molar-refractivity contribution in [2.45, 2.75) is 40.0 Å². The largest absolute Gasteiger partial charge is 0.319 e. The molecule has 1 aliphatic carbocycles. The van der Waals surface area contributed by atoms with Crippen LogP contribution in [0.2, 0.25) is 0 Å². The Bertz CT molecular complexity index is 314. The van der Waals surface area contributed by atoms with Gasteiger partial charge in [0.2, 0.25) is 0 Å². The molecule has 0 radical (unpaired) electrons. The van der Waals surface area contributed by atoms with Gasteiger partial charge in [-0.3, -0.25) is 4.48 Å². The third-order valence-electron chi connectivity index (χ3n) is 4.96. The minimum atomic E-state index is -0.0208. The van der Waals surface area contributed by atoms with E-state index >= 15 is 0 Å². The molecule has 3 heterocycles. The summed E-state index contributed by atoms with van der Waals surface area (Å²) in [6.45, 7) is 9.16. The van der Waals surface area contributed by atoms with Gasteiger partial charge in [-0.15, -0.1) is 0 Å². The molecule has 2 heteroatoms. The molecule has 1 saturated carbocycles. The normalized spacial score (nSPS) is 62.5. The molecule has 15 heavy (non-hydrogen) atoms. The van der Waals surface area contributed by atoms with Gasteiger partial charge in [0.05, 0.1) is 25.6 Å². The van der Waals surface area contributed by atoms with Gasteiger partial charge in [0.1, 0.15) is 0 Å². The Morgan fingerprint density at radius 1 is 1.00 bits per heavy atom. The van der Waals surface area contributed by atoms with Crippen molar-refractivity contribution in [2.75, 3.05) is 20.1 Å². The van der Waals surface area contributed by atoms with E-state index in [0.29, 0.717) is 21.2 Å². The first-order valence-corrected chi connectivity index (χ1v) is 6.09. The lowest BCUT2D eigenvalue weighted by molar-refractivity contribution is -0.873. The number of hydrogen-bond acceptors (Lipinski definition) is 1. The first-order valence-electron chi connectivity index (χ1n) is 6.09. The molecule has 1 amide bonds. The Hall–Kier alpha value is -0.370. The van der Waals surface area contributed by atoms with Crippen molar-refractivity contribution < 1.29 is 9.28 Å². The van der Waals surface area contributed by atoms with Crippen LogP contribution in [0, 0.1) is 16.2 Å². The monoisotopic (exact) mass is 208 g/mol. The highest BCUT2D eigenvalue weighted by molar-refractivity contribution is 5.78. The van der Waals surface area contributed by atoms with Crippen molar-refractivity contribution in [3.63, 3.8) is 0 Å². The number of nitrogens with zero attached hydrogens (tertiary/aromatic N) is 1. The van der Waals surface area contributed by atoms with Crippen LogP contribution in [0.25, 0.3) is 0 Å². The van der Waals surface area contributed by atoms with Crippen LogP contribution in [-0.2, 0) is 4.79 Å². The van der Waals surface area contributed by atoms with Gasteiger partial charge in [-0.05, 0) is 26.2 Å². The standard InChI is InChI=1S/C13H22NO/c1-11-5-12(2)7-13(3,6-11)10(15)14(4,8-11)9-12/h5-9H2,1-4H3/q+1. The van der Waals surface area contributed by atoms with Gasteiger partial charge >= 0.3 is 5.91 Å². The van der Waals surface area contributed by atoms with Crippen molar-refractivity contribution in [3.05, 3.63) is 0 Å². The van der Waals surface area contributed by atoms with E-state index in [2.05, 4.69) is 27.8 Å². The lowest BCUT2D eigenvalue weighted by Crippen LogP contribution is -2.75. The van der Waals surface area contributed by atoms with E-state index in [1.54, 1.807) is 0 Å². The van der Waals surface area contributed by atoms with E-state index in [1.165, 1.54) is 6.42 Å². The van der Waals surface area contributed by atoms with Gasteiger partial charge in [-0.1, -0.05) is 13.8 Å². The van der Waals surface area contributed by atoms with Gasteiger partial charge in [0, 0.05) is 10.8 Å². The Morgan fingerprint density at radius 3 is 1.87 bits per heavy atom. The maximum atomic E-state index is 12.5. The third kappa shape index (κ3) is 1.06. The van der Waals surface area contributed by atoms with Crippen molar-refractivity contribution in [2.24, 2.45) is 16.2 Å². The molecule has 2 unspecified atom stereocenters. The highest BCUT2D eigenvalue weighted by atomic mass is 16.2. The number of carbonyl (C=O) groups excluding carboxylic acids is 1. The minimum Gasteiger partial charge on any atom is -0.262 e. The number of quaternary nitrogens is 1. The molecular formula is C13H22NO+. The van der Waals surface area contributed by atoms with E-state index in [0.717, 1.165) is 25.9 Å². The molecule has 4 rings (SSSR count). The van der Waals surface area contributed by atoms with Crippen LogP contribution in [0.1, 0.15) is 40.0 Å². The van der Waals surface area contributed by atoms with E-state index in [-0.39, 0.29) is 5.41 Å². The third-order valence-corrected chi connectivity index (χ3v) is 4.96. The lowest BCUT2D eigenvalue weighted by Gasteiger charge is -2.65. The molecule has 84 valence electrons. The molecule has 2 nitrogen and oxygen atoms in total. The average Bonchev–Trinajstić information content (AvgIpc) is 1.93. The average molecular weight is 208 g/mol. The molecule has 4 bridgehead atoms. The van der Waals surface area contributed by atoms with Crippen LogP contribution in [0.4, 0.5) is 0 Å². The molecule has 0 aromatic rings. The van der Waals surface area contributed by atoms with Crippen LogP contribution < -0.4 is 0 Å². The summed E-state index contributed by atoms with van der Waals surface area (Å²) in [4.78, 5) is 12.5. The first kappa shape index (κ1) is 9.83. The van der Waals surface area contributed by atoms with E-state index in [1.807, 2.05) is 0 Å². The van der Waals surface area contributed by atoms with Crippen molar-refractivity contribution >= 4 is 5.91 Å². The summed E-state index contributed by atoms with van der Waals surface area (Å²) in [5, 5.41) is 0. The fourth-order valence-corrected chi connectivity index (χ4v) is 6.01. The molecule has 4 fully saturated rings. The molecule has 0 aromatic heterocycles. The van der Waals surface area contributed by atoms with E-state index in [4.69, 9.17) is 0 Å². The van der Waals surface area contributed by atoms with Gasteiger partial charge in [-0.25, -0.2) is 4.79 Å². The van der Waals surface area contributed by atoms with Crippen molar-refractivity contribution in [1.29, 1.82) is 0 Å². The molecule has 3 saturated heterocycles. The van der Waals surface area contributed by atoms with E-state index < -0.39 is 0 Å². The predicted octanol–water partition coefficient (Wildman–Crippen LogP) is 2.19. The van der Waals surface area contributed by atoms with Gasteiger partial charge in [0.15, 0.2) is 0 Å². The van der Waals surface area contributed by atoms with Crippen LogP contribution in [-0.4, -0.2) is 30.5 Å². The molecular weight excluding hydrogens is 186 g/mol. The second kappa shape index (κ2) is 2.17. The van der Waals surface area contributed by atoms with Crippen LogP contribution in [0.3, 0.4) is 0 Å². The number of hydrogen-bond donors (Lipinski definition) is 0. The summed E-state index contributed by atoms with van der Waals surface area (Å²) in [7, 11) is 2.16. The molecule has 3 aliphatic heterocycles. The Balaban J connectivity index is 2.16. The SMILES string of the molecule is CC12CC3(C)CC(C)(C1)C(=O)[N+](C)(C2)C3. The van der Waals surface area contributed by atoms with Gasteiger partial charge < -0.3 is 0 Å². The molecule has 4 aliphatic rings. The molecule has 0 N–H and O–H groups in total. The topological polar surface area (TPSA) is 17.1 Å². The maximum absolute atomic E-state index is 12.5. The number of carbonyl (C=O) groups is 1. The number of amides is 1. The van der Waals surface area contributed by atoms with Gasteiger partial charge in [-0.2, -0.15) is 0 Å². The Kier molecular flexibility index (Phi) is 1.42. The van der Waals surface area contributed by atoms with Crippen molar-refractivity contribution in [1.82, 2.24) is 0 Å². The van der Waals surface area contributed by atoms with Crippen LogP contribution in [0.15, 0.2) is 0 Å². The number of piperidine rings is 3. The summed E-state index contributed by atoms with van der Waals surface area (Å²) >= 11 is 0. The quantitative estimate of drug-likeness (QED) is 0.558. The summed E-state index contributed by atoms with van der Waals surface area (Å²) < 4.78 is 0.712. The fraction of sp³-hybridized carbons (Fsp3) is 0.923. The first-order chi connectivity index (χ1) is 6.69. The zero-order chi connectivity index (χ0) is 11.1. The maximum Gasteiger partial charge on any atom is 0.319 e. The second-order valence-corrected chi connectivity index (χ2v) is 7.73. The summed E-state index contributed by atoms with van der Waals surface area (Å²) in [5.74, 6) is 0.511. The second-order valence-electron chi connectivity index (χ2n) is 7.73. The number of rotatable bonds is 0. The summed E-state index contributed by atoms with van der Waals surface area (Å²) in [6.07, 6.45) is 3.58. The highest BCUT2D eigenvalue weighted by Crippen LogP contribution is 2.63. The van der Waals surface area contributed by atoms with Gasteiger partial charge in [0.25, 0.3) is 0 Å². The van der Waals surface area contributed by atoms with Crippen molar-refractivity contribution in [3.8, 4) is 0 Å². The lowest BCUT2D eigenvalue weighted by atomic mass is 9.48.